The lowest BCUT2D eigenvalue weighted by Crippen LogP contribution is -1.97. The third kappa shape index (κ3) is 3.04. The molecule has 78 valence electrons. The summed E-state index contributed by atoms with van der Waals surface area (Å²) in [5, 5.41) is 0.653. The van der Waals surface area contributed by atoms with Crippen molar-refractivity contribution in [3.05, 3.63) is 29.3 Å². The van der Waals surface area contributed by atoms with Crippen molar-refractivity contribution in [1.82, 2.24) is 0 Å². The van der Waals surface area contributed by atoms with Gasteiger partial charge in [0.25, 0.3) is 0 Å². The SMILES string of the molecule is CCP(=O)(CC)Oc1ccc(Cl)cc1. The Morgan fingerprint density at radius 1 is 1.21 bits per heavy atom. The van der Waals surface area contributed by atoms with Gasteiger partial charge >= 0.3 is 0 Å². The molecule has 0 bridgehead atoms. The van der Waals surface area contributed by atoms with Gasteiger partial charge in [0.1, 0.15) is 5.75 Å². The van der Waals surface area contributed by atoms with E-state index in [0.29, 0.717) is 23.1 Å². The molecule has 0 atom stereocenters. The third-order valence-corrected chi connectivity index (χ3v) is 4.77. The molecule has 2 nitrogen and oxygen atoms in total. The Morgan fingerprint density at radius 2 is 1.71 bits per heavy atom. The highest BCUT2D eigenvalue weighted by molar-refractivity contribution is 7.59. The highest BCUT2D eigenvalue weighted by Gasteiger charge is 2.18. The van der Waals surface area contributed by atoms with Crippen LogP contribution in [0.5, 0.6) is 5.75 Å². The highest BCUT2D eigenvalue weighted by atomic mass is 35.5. The van der Waals surface area contributed by atoms with Gasteiger partial charge in [0, 0.05) is 17.3 Å². The topological polar surface area (TPSA) is 26.3 Å². The van der Waals surface area contributed by atoms with Crippen LogP contribution in [0.1, 0.15) is 13.8 Å². The van der Waals surface area contributed by atoms with Crippen LogP contribution in [-0.2, 0) is 4.57 Å². The van der Waals surface area contributed by atoms with Crippen LogP contribution in [0.25, 0.3) is 0 Å². The van der Waals surface area contributed by atoms with Crippen LogP contribution in [0.3, 0.4) is 0 Å². The van der Waals surface area contributed by atoms with Crippen LogP contribution in [0.4, 0.5) is 0 Å². The quantitative estimate of drug-likeness (QED) is 0.733. The van der Waals surface area contributed by atoms with E-state index in [1.54, 1.807) is 24.3 Å². The lowest BCUT2D eigenvalue weighted by Gasteiger charge is -2.15. The molecular formula is C10H14ClO2P. The van der Waals surface area contributed by atoms with Gasteiger partial charge in [-0.1, -0.05) is 25.4 Å². The van der Waals surface area contributed by atoms with Gasteiger partial charge in [0.05, 0.1) is 0 Å². The summed E-state index contributed by atoms with van der Waals surface area (Å²) in [6, 6.07) is 6.93. The van der Waals surface area contributed by atoms with Gasteiger partial charge in [-0.15, -0.1) is 0 Å². The molecule has 1 rings (SSSR count). The Morgan fingerprint density at radius 3 is 2.14 bits per heavy atom. The molecular weight excluding hydrogens is 219 g/mol. The Hall–Kier alpha value is -0.460. The second kappa shape index (κ2) is 4.86. The van der Waals surface area contributed by atoms with Crippen LogP contribution < -0.4 is 4.52 Å². The largest absolute Gasteiger partial charge is 0.443 e. The normalized spacial score (nSPS) is 11.4. The van der Waals surface area contributed by atoms with Crippen molar-refractivity contribution in [1.29, 1.82) is 0 Å². The summed E-state index contributed by atoms with van der Waals surface area (Å²) >= 11 is 5.73. The zero-order valence-electron chi connectivity index (χ0n) is 8.37. The van der Waals surface area contributed by atoms with Crippen LogP contribution >= 0.6 is 19.0 Å². The first-order chi connectivity index (χ1) is 6.59. The number of rotatable bonds is 4. The fraction of sp³-hybridized carbons (Fsp3) is 0.400. The molecule has 0 aliphatic carbocycles. The van der Waals surface area contributed by atoms with E-state index in [4.69, 9.17) is 16.1 Å². The highest BCUT2D eigenvalue weighted by Crippen LogP contribution is 2.46. The number of hydrogen-bond donors (Lipinski definition) is 0. The molecule has 0 radical (unpaired) electrons. The first-order valence-corrected chi connectivity index (χ1v) is 7.00. The molecule has 0 saturated carbocycles. The molecule has 0 heterocycles. The summed E-state index contributed by atoms with van der Waals surface area (Å²) in [5.41, 5.74) is 0. The molecule has 14 heavy (non-hydrogen) atoms. The smallest absolute Gasteiger partial charge is 0.247 e. The second-order valence-electron chi connectivity index (χ2n) is 2.99. The first kappa shape index (κ1) is 11.6. The fourth-order valence-corrected chi connectivity index (χ4v) is 2.38. The van der Waals surface area contributed by atoms with Crippen molar-refractivity contribution in [3.8, 4) is 5.75 Å². The summed E-state index contributed by atoms with van der Waals surface area (Å²) in [4.78, 5) is 0. The van der Waals surface area contributed by atoms with Gasteiger partial charge < -0.3 is 4.52 Å². The zero-order chi connectivity index (χ0) is 10.6. The van der Waals surface area contributed by atoms with Gasteiger partial charge in [-0.05, 0) is 24.3 Å². The van der Waals surface area contributed by atoms with E-state index >= 15 is 0 Å². The minimum Gasteiger partial charge on any atom is -0.443 e. The summed E-state index contributed by atoms with van der Waals surface area (Å²) in [6.07, 6.45) is 1.12. The number of halogens is 1. The van der Waals surface area contributed by atoms with E-state index in [-0.39, 0.29) is 0 Å². The van der Waals surface area contributed by atoms with Gasteiger partial charge in [-0.2, -0.15) is 0 Å². The van der Waals surface area contributed by atoms with Crippen molar-refractivity contribution in [2.24, 2.45) is 0 Å². The zero-order valence-corrected chi connectivity index (χ0v) is 10.0. The van der Waals surface area contributed by atoms with Crippen molar-refractivity contribution in [2.75, 3.05) is 12.3 Å². The molecule has 0 aromatic heterocycles. The predicted molar refractivity (Wildman–Crippen MR) is 60.8 cm³/mol. The van der Waals surface area contributed by atoms with Crippen molar-refractivity contribution < 1.29 is 9.09 Å². The van der Waals surface area contributed by atoms with E-state index < -0.39 is 7.37 Å². The Labute approximate surface area is 89.7 Å². The monoisotopic (exact) mass is 232 g/mol. The molecule has 0 unspecified atom stereocenters. The molecule has 0 saturated heterocycles. The van der Waals surface area contributed by atoms with Gasteiger partial charge in [-0.25, -0.2) is 0 Å². The van der Waals surface area contributed by atoms with Gasteiger partial charge in [0.2, 0.25) is 7.37 Å². The Bertz CT molecular complexity index is 326. The van der Waals surface area contributed by atoms with Crippen molar-refractivity contribution in [3.63, 3.8) is 0 Å². The van der Waals surface area contributed by atoms with Crippen LogP contribution in [0.2, 0.25) is 5.02 Å². The number of benzene rings is 1. The Kier molecular flexibility index (Phi) is 4.03. The van der Waals surface area contributed by atoms with Crippen LogP contribution in [0, 0.1) is 0 Å². The molecule has 0 fully saturated rings. The minimum absolute atomic E-state index is 0.562. The fourth-order valence-electron chi connectivity index (χ4n) is 1.04. The molecule has 0 spiro atoms. The maximum Gasteiger partial charge on any atom is 0.247 e. The molecule has 0 amide bonds. The summed E-state index contributed by atoms with van der Waals surface area (Å²) in [6.45, 7) is 3.75. The van der Waals surface area contributed by atoms with Crippen molar-refractivity contribution in [2.45, 2.75) is 13.8 Å². The summed E-state index contributed by atoms with van der Waals surface area (Å²) in [7, 11) is -2.46. The maximum atomic E-state index is 11.9. The lowest BCUT2D eigenvalue weighted by atomic mass is 10.3. The molecule has 0 aliphatic heterocycles. The summed E-state index contributed by atoms with van der Waals surface area (Å²) < 4.78 is 17.4. The molecule has 0 N–H and O–H groups in total. The minimum atomic E-state index is -2.46. The average Bonchev–Trinajstić information content (AvgIpc) is 2.21. The Balaban J connectivity index is 2.78. The van der Waals surface area contributed by atoms with E-state index in [0.717, 1.165) is 0 Å². The van der Waals surface area contributed by atoms with Crippen LogP contribution in [0.15, 0.2) is 24.3 Å². The molecule has 4 heteroatoms. The average molecular weight is 233 g/mol. The maximum absolute atomic E-state index is 11.9. The molecule has 1 aromatic rings. The number of hydrogen-bond acceptors (Lipinski definition) is 2. The van der Waals surface area contributed by atoms with Crippen LogP contribution in [-0.4, -0.2) is 12.3 Å². The molecule has 0 aliphatic rings. The third-order valence-electron chi connectivity index (χ3n) is 2.05. The van der Waals surface area contributed by atoms with E-state index in [9.17, 15) is 4.57 Å². The van der Waals surface area contributed by atoms with Gasteiger partial charge in [-0.3, -0.25) is 4.57 Å². The summed E-state index contributed by atoms with van der Waals surface area (Å²) in [5.74, 6) is 0.626. The second-order valence-corrected chi connectivity index (χ2v) is 6.51. The van der Waals surface area contributed by atoms with E-state index in [1.807, 2.05) is 13.8 Å². The van der Waals surface area contributed by atoms with Crippen molar-refractivity contribution >= 4 is 19.0 Å². The predicted octanol–water partition coefficient (Wildman–Crippen LogP) is 4.04. The standard InChI is InChI=1S/C10H14ClO2P/c1-3-14(12,4-2)13-10-7-5-9(11)6-8-10/h5-8H,3-4H2,1-2H3. The van der Waals surface area contributed by atoms with E-state index in [2.05, 4.69) is 0 Å². The molecule has 1 aromatic carbocycles. The lowest BCUT2D eigenvalue weighted by molar-refractivity contribution is 0.484. The first-order valence-electron chi connectivity index (χ1n) is 4.63. The van der Waals surface area contributed by atoms with E-state index in [1.165, 1.54) is 0 Å². The van der Waals surface area contributed by atoms with Gasteiger partial charge in [0.15, 0.2) is 0 Å².